The Hall–Kier alpha value is -3.02. The molecule has 1 amide bonds. The van der Waals surface area contributed by atoms with Crippen LogP contribution in [0.3, 0.4) is 0 Å². The predicted molar refractivity (Wildman–Crippen MR) is 102 cm³/mol. The first-order chi connectivity index (χ1) is 13.2. The Morgan fingerprint density at radius 1 is 1.26 bits per heavy atom. The SMILES string of the molecule is CCCN1c2cccnc2-n2cccc2[C@@]12CCN(C(=O)c1ccco1)C2. The average Bonchev–Trinajstić information content (AvgIpc) is 3.46. The van der Waals surface area contributed by atoms with E-state index in [1.165, 1.54) is 5.69 Å². The van der Waals surface area contributed by atoms with Crippen LogP contribution >= 0.6 is 0 Å². The number of hydrogen-bond acceptors (Lipinski definition) is 4. The van der Waals surface area contributed by atoms with Crippen LogP contribution in [-0.4, -0.2) is 40.0 Å². The summed E-state index contributed by atoms with van der Waals surface area (Å²) in [5, 5.41) is 0. The van der Waals surface area contributed by atoms with Crippen molar-refractivity contribution in [3.63, 3.8) is 0 Å². The lowest BCUT2D eigenvalue weighted by molar-refractivity contribution is 0.0750. The first kappa shape index (κ1) is 16.2. The van der Waals surface area contributed by atoms with Crippen LogP contribution in [0.2, 0.25) is 0 Å². The van der Waals surface area contributed by atoms with Gasteiger partial charge in [-0.2, -0.15) is 0 Å². The summed E-state index contributed by atoms with van der Waals surface area (Å²) < 4.78 is 7.53. The summed E-state index contributed by atoms with van der Waals surface area (Å²) in [6.07, 6.45) is 7.38. The lowest BCUT2D eigenvalue weighted by atomic mass is 9.88. The minimum absolute atomic E-state index is 0.0385. The molecule has 0 radical (unpaired) electrons. The van der Waals surface area contributed by atoms with E-state index in [9.17, 15) is 4.79 Å². The molecule has 5 heterocycles. The summed E-state index contributed by atoms with van der Waals surface area (Å²) in [6, 6.07) is 11.9. The van der Waals surface area contributed by atoms with Gasteiger partial charge < -0.3 is 18.8 Å². The molecule has 1 fully saturated rings. The average molecular weight is 362 g/mol. The van der Waals surface area contributed by atoms with Crippen LogP contribution < -0.4 is 4.90 Å². The van der Waals surface area contributed by atoms with Gasteiger partial charge in [0.2, 0.25) is 0 Å². The van der Waals surface area contributed by atoms with Crippen LogP contribution in [0.15, 0.2) is 59.5 Å². The van der Waals surface area contributed by atoms with Crippen LogP contribution in [0.4, 0.5) is 5.69 Å². The summed E-state index contributed by atoms with van der Waals surface area (Å²) in [7, 11) is 0. The molecule has 27 heavy (non-hydrogen) atoms. The summed E-state index contributed by atoms with van der Waals surface area (Å²) >= 11 is 0. The highest BCUT2D eigenvalue weighted by Crippen LogP contribution is 2.47. The molecule has 0 bridgehead atoms. The number of rotatable bonds is 3. The quantitative estimate of drug-likeness (QED) is 0.716. The number of amides is 1. The molecule has 3 aromatic heterocycles. The van der Waals surface area contributed by atoms with E-state index in [2.05, 4.69) is 45.8 Å². The minimum atomic E-state index is -0.238. The van der Waals surface area contributed by atoms with Gasteiger partial charge in [0.05, 0.1) is 24.2 Å². The van der Waals surface area contributed by atoms with E-state index in [0.717, 1.165) is 30.9 Å². The van der Waals surface area contributed by atoms with Crippen LogP contribution in [-0.2, 0) is 5.54 Å². The Morgan fingerprint density at radius 3 is 3.00 bits per heavy atom. The number of aromatic nitrogens is 2. The summed E-state index contributed by atoms with van der Waals surface area (Å²) in [4.78, 5) is 21.9. The molecule has 1 saturated heterocycles. The second kappa shape index (κ2) is 6.01. The fraction of sp³-hybridized carbons (Fsp3) is 0.333. The van der Waals surface area contributed by atoms with Crippen molar-refractivity contribution in [3.05, 3.63) is 66.5 Å². The van der Waals surface area contributed by atoms with E-state index in [1.54, 1.807) is 18.4 Å². The van der Waals surface area contributed by atoms with E-state index in [0.29, 0.717) is 18.8 Å². The van der Waals surface area contributed by atoms with Crippen molar-refractivity contribution in [2.45, 2.75) is 25.3 Å². The highest BCUT2D eigenvalue weighted by Gasteiger charge is 2.50. The van der Waals surface area contributed by atoms with E-state index >= 15 is 0 Å². The number of carbonyl (C=O) groups is 1. The third kappa shape index (κ3) is 2.25. The molecule has 1 spiro atoms. The van der Waals surface area contributed by atoms with Crippen LogP contribution in [0.1, 0.15) is 36.0 Å². The molecule has 0 aromatic carbocycles. The molecule has 0 aliphatic carbocycles. The highest BCUT2D eigenvalue weighted by atomic mass is 16.3. The van der Waals surface area contributed by atoms with Gasteiger partial charge in [-0.15, -0.1) is 0 Å². The number of furan rings is 1. The molecule has 6 heteroatoms. The molecule has 0 N–H and O–H groups in total. The van der Waals surface area contributed by atoms with Crippen molar-refractivity contribution >= 4 is 11.6 Å². The van der Waals surface area contributed by atoms with Crippen molar-refractivity contribution in [2.75, 3.05) is 24.5 Å². The number of anilines is 1. The number of nitrogens with zero attached hydrogens (tertiary/aromatic N) is 4. The third-order valence-electron chi connectivity index (χ3n) is 5.74. The molecular weight excluding hydrogens is 340 g/mol. The van der Waals surface area contributed by atoms with E-state index < -0.39 is 0 Å². The zero-order valence-electron chi connectivity index (χ0n) is 15.3. The first-order valence-electron chi connectivity index (χ1n) is 9.48. The normalized spacial score (nSPS) is 20.8. The molecular formula is C21H22N4O2. The van der Waals surface area contributed by atoms with E-state index in [1.807, 2.05) is 17.2 Å². The zero-order chi connectivity index (χ0) is 18.4. The van der Waals surface area contributed by atoms with Gasteiger partial charge in [-0.25, -0.2) is 4.98 Å². The van der Waals surface area contributed by atoms with E-state index in [4.69, 9.17) is 4.42 Å². The third-order valence-corrected chi connectivity index (χ3v) is 5.74. The molecule has 1 atom stereocenters. The predicted octanol–water partition coefficient (Wildman–Crippen LogP) is 3.44. The lowest BCUT2D eigenvalue weighted by Gasteiger charge is -2.47. The summed E-state index contributed by atoms with van der Waals surface area (Å²) in [6.45, 7) is 4.47. The number of fused-ring (bicyclic) bond motifs is 4. The maximum absolute atomic E-state index is 12.9. The van der Waals surface area contributed by atoms with Gasteiger partial charge in [0.15, 0.2) is 11.6 Å². The van der Waals surface area contributed by atoms with Crippen molar-refractivity contribution in [1.82, 2.24) is 14.5 Å². The Balaban J connectivity index is 1.60. The smallest absolute Gasteiger partial charge is 0.289 e. The molecule has 5 rings (SSSR count). The van der Waals surface area contributed by atoms with E-state index in [-0.39, 0.29) is 11.4 Å². The van der Waals surface area contributed by atoms with Gasteiger partial charge in [0.25, 0.3) is 5.91 Å². The van der Waals surface area contributed by atoms with Crippen LogP contribution in [0.25, 0.3) is 5.82 Å². The number of pyridine rings is 1. The van der Waals surface area contributed by atoms with Gasteiger partial charge in [-0.1, -0.05) is 6.92 Å². The van der Waals surface area contributed by atoms with Gasteiger partial charge in [-0.05, 0) is 49.2 Å². The Labute approximate surface area is 158 Å². The Bertz CT molecular complexity index is 978. The number of likely N-dealkylation sites (tertiary alicyclic amines) is 1. The monoisotopic (exact) mass is 362 g/mol. The van der Waals surface area contributed by atoms with Crippen molar-refractivity contribution in [1.29, 1.82) is 0 Å². The molecule has 6 nitrogen and oxygen atoms in total. The summed E-state index contributed by atoms with van der Waals surface area (Å²) in [5.41, 5.74) is 2.10. The first-order valence-corrected chi connectivity index (χ1v) is 9.48. The largest absolute Gasteiger partial charge is 0.459 e. The maximum Gasteiger partial charge on any atom is 0.289 e. The molecule has 2 aliphatic heterocycles. The fourth-order valence-electron chi connectivity index (χ4n) is 4.61. The second-order valence-corrected chi connectivity index (χ2v) is 7.25. The van der Waals surface area contributed by atoms with Gasteiger partial charge in [-0.3, -0.25) is 4.79 Å². The molecule has 2 aliphatic rings. The lowest BCUT2D eigenvalue weighted by Crippen LogP contribution is -2.53. The number of carbonyl (C=O) groups excluding carboxylic acids is 1. The fourth-order valence-corrected chi connectivity index (χ4v) is 4.61. The molecule has 0 saturated carbocycles. The highest BCUT2D eigenvalue weighted by molar-refractivity contribution is 5.92. The molecule has 138 valence electrons. The Morgan fingerprint density at radius 2 is 2.19 bits per heavy atom. The van der Waals surface area contributed by atoms with Gasteiger partial charge in [0.1, 0.15) is 5.54 Å². The Kier molecular flexibility index (Phi) is 3.60. The number of hydrogen-bond donors (Lipinski definition) is 0. The van der Waals surface area contributed by atoms with Crippen LogP contribution in [0, 0.1) is 0 Å². The van der Waals surface area contributed by atoms with Gasteiger partial charge >= 0.3 is 0 Å². The van der Waals surface area contributed by atoms with Gasteiger partial charge in [0, 0.05) is 25.5 Å². The summed E-state index contributed by atoms with van der Waals surface area (Å²) in [5.74, 6) is 1.33. The van der Waals surface area contributed by atoms with Crippen LogP contribution in [0.5, 0.6) is 0 Å². The topological polar surface area (TPSA) is 54.5 Å². The van der Waals surface area contributed by atoms with Crippen molar-refractivity contribution < 1.29 is 9.21 Å². The maximum atomic E-state index is 12.9. The molecule has 3 aromatic rings. The minimum Gasteiger partial charge on any atom is -0.459 e. The molecule has 0 unspecified atom stereocenters. The van der Waals surface area contributed by atoms with Crippen molar-refractivity contribution in [3.8, 4) is 5.82 Å². The zero-order valence-corrected chi connectivity index (χ0v) is 15.3. The standard InChI is InChI=1S/C21H22N4O2/c1-2-11-25-16-6-3-10-22-19(16)24-12-4-8-18(24)21(25)9-13-23(15-21)20(26)17-7-5-14-27-17/h3-8,10,12,14H,2,9,11,13,15H2,1H3/t21-/m0/s1. The second-order valence-electron chi connectivity index (χ2n) is 7.25. The van der Waals surface area contributed by atoms with Crippen molar-refractivity contribution in [2.24, 2.45) is 0 Å².